The lowest BCUT2D eigenvalue weighted by Crippen LogP contribution is -2.41. The van der Waals surface area contributed by atoms with E-state index in [1.807, 2.05) is 6.92 Å². The fraction of sp³-hybridized carbons (Fsp3) is 0.533. The Bertz CT molecular complexity index is 453. The molecule has 1 aliphatic carbocycles. The summed E-state index contributed by atoms with van der Waals surface area (Å²) in [6, 6.07) is 5.03. The minimum absolute atomic E-state index is 0.0145. The summed E-state index contributed by atoms with van der Waals surface area (Å²) in [6.07, 6.45) is 4.33. The van der Waals surface area contributed by atoms with Crippen LogP contribution in [0.4, 0.5) is 0 Å². The second-order valence-corrected chi connectivity index (χ2v) is 5.16. The SMILES string of the molecule is Cc1cc(O)ccc1C(=O)N(CCO)C1CCCC1. The van der Waals surface area contributed by atoms with Crippen LogP contribution in [-0.4, -0.2) is 40.2 Å². The largest absolute Gasteiger partial charge is 0.508 e. The Morgan fingerprint density at radius 3 is 2.63 bits per heavy atom. The van der Waals surface area contributed by atoms with Crippen molar-refractivity contribution in [3.63, 3.8) is 0 Å². The second kappa shape index (κ2) is 6.06. The molecule has 0 atom stereocenters. The van der Waals surface area contributed by atoms with Crippen LogP contribution in [0.15, 0.2) is 18.2 Å². The van der Waals surface area contributed by atoms with Gasteiger partial charge in [0, 0.05) is 18.2 Å². The van der Waals surface area contributed by atoms with E-state index in [9.17, 15) is 15.0 Å². The van der Waals surface area contributed by atoms with E-state index in [1.54, 1.807) is 17.0 Å². The Balaban J connectivity index is 2.22. The summed E-state index contributed by atoms with van der Waals surface area (Å²) in [6.45, 7) is 2.18. The second-order valence-electron chi connectivity index (χ2n) is 5.16. The molecule has 19 heavy (non-hydrogen) atoms. The van der Waals surface area contributed by atoms with Gasteiger partial charge in [0.15, 0.2) is 0 Å². The number of aliphatic hydroxyl groups is 1. The number of phenols is 1. The number of aromatic hydroxyl groups is 1. The van der Waals surface area contributed by atoms with Crippen LogP contribution in [0, 0.1) is 6.92 Å². The molecule has 0 aliphatic heterocycles. The fourth-order valence-corrected chi connectivity index (χ4v) is 2.82. The lowest BCUT2D eigenvalue weighted by Gasteiger charge is -2.29. The Labute approximate surface area is 113 Å². The number of aryl methyl sites for hydroxylation is 1. The van der Waals surface area contributed by atoms with Crippen molar-refractivity contribution in [3.05, 3.63) is 29.3 Å². The molecule has 2 N–H and O–H groups in total. The fourth-order valence-electron chi connectivity index (χ4n) is 2.82. The van der Waals surface area contributed by atoms with Crippen LogP contribution in [-0.2, 0) is 0 Å². The Kier molecular flexibility index (Phi) is 4.43. The molecule has 0 heterocycles. The average molecular weight is 263 g/mol. The number of hydrogen-bond acceptors (Lipinski definition) is 3. The number of carbonyl (C=O) groups is 1. The van der Waals surface area contributed by atoms with Gasteiger partial charge in [-0.05, 0) is 43.5 Å². The van der Waals surface area contributed by atoms with Gasteiger partial charge in [-0.1, -0.05) is 12.8 Å². The summed E-state index contributed by atoms with van der Waals surface area (Å²) in [5.41, 5.74) is 1.38. The smallest absolute Gasteiger partial charge is 0.254 e. The van der Waals surface area contributed by atoms with Crippen LogP contribution < -0.4 is 0 Å². The standard InChI is InChI=1S/C15H21NO3/c1-11-10-13(18)6-7-14(11)15(19)16(8-9-17)12-4-2-3-5-12/h6-7,10,12,17-18H,2-5,8-9H2,1H3. The molecule has 1 saturated carbocycles. The summed E-state index contributed by atoms with van der Waals surface area (Å²) in [4.78, 5) is 14.4. The number of amides is 1. The van der Waals surface area contributed by atoms with Gasteiger partial charge >= 0.3 is 0 Å². The number of rotatable bonds is 4. The average Bonchev–Trinajstić information content (AvgIpc) is 2.89. The molecule has 1 aliphatic rings. The van der Waals surface area contributed by atoms with Crippen LogP contribution in [0.5, 0.6) is 5.75 Å². The van der Waals surface area contributed by atoms with Crippen LogP contribution in [0.3, 0.4) is 0 Å². The van der Waals surface area contributed by atoms with Gasteiger partial charge in [-0.2, -0.15) is 0 Å². The molecule has 104 valence electrons. The van der Waals surface area contributed by atoms with Crippen molar-refractivity contribution in [2.24, 2.45) is 0 Å². The van der Waals surface area contributed by atoms with Crippen molar-refractivity contribution < 1.29 is 15.0 Å². The Morgan fingerprint density at radius 1 is 1.37 bits per heavy atom. The number of phenolic OH excluding ortho intramolecular Hbond substituents is 1. The van der Waals surface area contributed by atoms with Crippen molar-refractivity contribution in [3.8, 4) is 5.75 Å². The third-order valence-electron chi connectivity index (χ3n) is 3.81. The minimum atomic E-state index is -0.0431. The van der Waals surface area contributed by atoms with Gasteiger partial charge in [-0.15, -0.1) is 0 Å². The lowest BCUT2D eigenvalue weighted by molar-refractivity contribution is 0.0637. The third kappa shape index (κ3) is 3.07. The number of benzene rings is 1. The topological polar surface area (TPSA) is 60.8 Å². The first-order valence-electron chi connectivity index (χ1n) is 6.85. The van der Waals surface area contributed by atoms with Crippen molar-refractivity contribution in [1.82, 2.24) is 4.90 Å². The van der Waals surface area contributed by atoms with E-state index in [-0.39, 0.29) is 24.3 Å². The normalized spacial score (nSPS) is 15.7. The molecule has 2 rings (SSSR count). The lowest BCUT2D eigenvalue weighted by atomic mass is 10.1. The highest BCUT2D eigenvalue weighted by Gasteiger charge is 2.27. The third-order valence-corrected chi connectivity index (χ3v) is 3.81. The monoisotopic (exact) mass is 263 g/mol. The van der Waals surface area contributed by atoms with Gasteiger partial charge in [0.05, 0.1) is 6.61 Å². The van der Waals surface area contributed by atoms with Crippen LogP contribution in [0.25, 0.3) is 0 Å². The first-order chi connectivity index (χ1) is 9.13. The van der Waals surface area contributed by atoms with Gasteiger partial charge in [-0.3, -0.25) is 4.79 Å². The Morgan fingerprint density at radius 2 is 2.05 bits per heavy atom. The molecule has 0 unspecified atom stereocenters. The highest BCUT2D eigenvalue weighted by Crippen LogP contribution is 2.26. The summed E-state index contributed by atoms with van der Waals surface area (Å²) in [5, 5.41) is 18.6. The highest BCUT2D eigenvalue weighted by atomic mass is 16.3. The van der Waals surface area contributed by atoms with Crippen molar-refractivity contribution in [2.45, 2.75) is 38.6 Å². The zero-order valence-electron chi connectivity index (χ0n) is 11.3. The van der Waals surface area contributed by atoms with Gasteiger partial charge in [0.2, 0.25) is 0 Å². The number of nitrogens with zero attached hydrogens (tertiary/aromatic N) is 1. The maximum atomic E-state index is 12.6. The summed E-state index contributed by atoms with van der Waals surface area (Å²) >= 11 is 0. The number of aliphatic hydroxyl groups excluding tert-OH is 1. The molecule has 0 radical (unpaired) electrons. The van der Waals surface area contributed by atoms with Crippen LogP contribution in [0.1, 0.15) is 41.6 Å². The summed E-state index contributed by atoms with van der Waals surface area (Å²) in [5.74, 6) is 0.127. The van der Waals surface area contributed by atoms with Gasteiger partial charge < -0.3 is 15.1 Å². The molecule has 4 nitrogen and oxygen atoms in total. The van der Waals surface area contributed by atoms with E-state index in [0.717, 1.165) is 31.2 Å². The van der Waals surface area contributed by atoms with E-state index in [1.165, 1.54) is 6.07 Å². The molecule has 0 aromatic heterocycles. The van der Waals surface area contributed by atoms with E-state index in [4.69, 9.17) is 0 Å². The molecule has 0 spiro atoms. The van der Waals surface area contributed by atoms with E-state index in [2.05, 4.69) is 0 Å². The predicted molar refractivity (Wildman–Crippen MR) is 73.2 cm³/mol. The number of carbonyl (C=O) groups excluding carboxylic acids is 1. The first-order valence-corrected chi connectivity index (χ1v) is 6.85. The molecule has 1 fully saturated rings. The molecule has 0 bridgehead atoms. The van der Waals surface area contributed by atoms with Gasteiger partial charge in [-0.25, -0.2) is 0 Å². The first kappa shape index (κ1) is 13.9. The van der Waals surface area contributed by atoms with Crippen molar-refractivity contribution in [1.29, 1.82) is 0 Å². The van der Waals surface area contributed by atoms with Gasteiger partial charge in [0.25, 0.3) is 5.91 Å². The highest BCUT2D eigenvalue weighted by molar-refractivity contribution is 5.96. The molecule has 0 saturated heterocycles. The predicted octanol–water partition coefficient (Wildman–Crippen LogP) is 2.08. The Hall–Kier alpha value is -1.55. The molecular formula is C15H21NO3. The van der Waals surface area contributed by atoms with E-state index >= 15 is 0 Å². The van der Waals surface area contributed by atoms with Gasteiger partial charge in [0.1, 0.15) is 5.75 Å². The molecule has 4 heteroatoms. The number of hydrogen-bond donors (Lipinski definition) is 2. The molecule has 1 aromatic rings. The molecular weight excluding hydrogens is 242 g/mol. The summed E-state index contributed by atoms with van der Waals surface area (Å²) < 4.78 is 0. The maximum absolute atomic E-state index is 12.6. The quantitative estimate of drug-likeness (QED) is 0.874. The summed E-state index contributed by atoms with van der Waals surface area (Å²) in [7, 11) is 0. The van der Waals surface area contributed by atoms with E-state index in [0.29, 0.717) is 12.1 Å². The molecule has 1 amide bonds. The zero-order chi connectivity index (χ0) is 13.8. The zero-order valence-corrected chi connectivity index (χ0v) is 11.3. The van der Waals surface area contributed by atoms with Crippen molar-refractivity contribution >= 4 is 5.91 Å². The van der Waals surface area contributed by atoms with Crippen LogP contribution >= 0.6 is 0 Å². The van der Waals surface area contributed by atoms with Crippen molar-refractivity contribution in [2.75, 3.05) is 13.2 Å². The molecule has 1 aromatic carbocycles. The van der Waals surface area contributed by atoms with E-state index < -0.39 is 0 Å². The maximum Gasteiger partial charge on any atom is 0.254 e. The van der Waals surface area contributed by atoms with Crippen LogP contribution in [0.2, 0.25) is 0 Å². The minimum Gasteiger partial charge on any atom is -0.508 e.